The summed E-state index contributed by atoms with van der Waals surface area (Å²) < 4.78 is 13.6. The topological polar surface area (TPSA) is 29.1 Å². The SMILES string of the molecule is Cc1ccc(F)c2c1C(=O)CC(C)(C)N2. The molecule has 2 nitrogen and oxygen atoms in total. The van der Waals surface area contributed by atoms with Gasteiger partial charge in [-0.15, -0.1) is 0 Å². The maximum Gasteiger partial charge on any atom is 0.167 e. The number of Topliss-reactive ketones (excluding diaryl/α,β-unsaturated/α-hetero) is 1. The van der Waals surface area contributed by atoms with E-state index in [1.165, 1.54) is 6.07 Å². The molecule has 0 saturated carbocycles. The molecule has 0 atom stereocenters. The Morgan fingerprint density at radius 2 is 2.07 bits per heavy atom. The van der Waals surface area contributed by atoms with E-state index in [-0.39, 0.29) is 17.1 Å². The molecule has 0 radical (unpaired) electrons. The van der Waals surface area contributed by atoms with Crippen LogP contribution in [-0.2, 0) is 0 Å². The summed E-state index contributed by atoms with van der Waals surface area (Å²) in [5.74, 6) is -0.331. The molecular formula is C12H14FNO. The van der Waals surface area contributed by atoms with E-state index in [1.807, 2.05) is 20.8 Å². The molecule has 1 aliphatic rings. The molecule has 3 heteroatoms. The van der Waals surface area contributed by atoms with Crippen LogP contribution in [0.5, 0.6) is 0 Å². The number of anilines is 1. The van der Waals surface area contributed by atoms with Crippen molar-refractivity contribution < 1.29 is 9.18 Å². The number of rotatable bonds is 0. The molecule has 0 saturated heterocycles. The van der Waals surface area contributed by atoms with Crippen LogP contribution in [0.4, 0.5) is 10.1 Å². The van der Waals surface area contributed by atoms with Crippen molar-refractivity contribution in [1.29, 1.82) is 0 Å². The maximum atomic E-state index is 13.6. The van der Waals surface area contributed by atoms with E-state index < -0.39 is 0 Å². The van der Waals surface area contributed by atoms with Crippen LogP contribution in [-0.4, -0.2) is 11.3 Å². The van der Waals surface area contributed by atoms with Crippen molar-refractivity contribution in [3.63, 3.8) is 0 Å². The second kappa shape index (κ2) is 3.05. The number of carbonyl (C=O) groups excluding carboxylic acids is 1. The number of ketones is 1. The van der Waals surface area contributed by atoms with Crippen molar-refractivity contribution in [2.24, 2.45) is 0 Å². The minimum Gasteiger partial charge on any atom is -0.377 e. The van der Waals surface area contributed by atoms with Gasteiger partial charge in [0, 0.05) is 17.5 Å². The molecule has 0 aliphatic carbocycles. The molecular weight excluding hydrogens is 193 g/mol. The molecule has 0 spiro atoms. The van der Waals surface area contributed by atoms with Crippen LogP contribution in [0.25, 0.3) is 0 Å². The predicted octanol–water partition coefficient (Wildman–Crippen LogP) is 2.91. The first-order chi connectivity index (χ1) is 6.91. The Morgan fingerprint density at radius 3 is 2.73 bits per heavy atom. The average molecular weight is 207 g/mol. The number of aryl methyl sites for hydroxylation is 1. The Hall–Kier alpha value is -1.38. The van der Waals surface area contributed by atoms with Gasteiger partial charge in [-0.2, -0.15) is 0 Å². The molecule has 2 rings (SSSR count). The summed E-state index contributed by atoms with van der Waals surface area (Å²) in [4.78, 5) is 11.9. The van der Waals surface area contributed by atoms with Gasteiger partial charge in [-0.1, -0.05) is 6.07 Å². The monoisotopic (exact) mass is 207 g/mol. The lowest BCUT2D eigenvalue weighted by molar-refractivity contribution is 0.0957. The number of hydrogen-bond donors (Lipinski definition) is 1. The average Bonchev–Trinajstić information content (AvgIpc) is 2.09. The van der Waals surface area contributed by atoms with Crippen LogP contribution in [0.15, 0.2) is 12.1 Å². The second-order valence-electron chi connectivity index (χ2n) is 4.72. The molecule has 0 bridgehead atoms. The number of fused-ring (bicyclic) bond motifs is 1. The third-order valence-electron chi connectivity index (χ3n) is 2.71. The Kier molecular flexibility index (Phi) is 2.07. The van der Waals surface area contributed by atoms with Gasteiger partial charge in [0.15, 0.2) is 5.78 Å². The zero-order valence-electron chi connectivity index (χ0n) is 9.15. The fourth-order valence-corrected chi connectivity index (χ4v) is 2.04. The molecule has 1 aliphatic heterocycles. The standard InChI is InChI=1S/C12H14FNO/c1-7-4-5-8(13)11-10(7)9(15)6-12(2,3)14-11/h4-5,14H,6H2,1-3H3. The van der Waals surface area contributed by atoms with Gasteiger partial charge in [0.1, 0.15) is 5.82 Å². The summed E-state index contributed by atoms with van der Waals surface area (Å²) in [7, 11) is 0. The highest BCUT2D eigenvalue weighted by Gasteiger charge is 2.32. The lowest BCUT2D eigenvalue weighted by atomic mass is 9.86. The summed E-state index contributed by atoms with van der Waals surface area (Å²) in [6.07, 6.45) is 0.407. The molecule has 0 unspecified atom stereocenters. The number of nitrogens with one attached hydrogen (secondary N) is 1. The van der Waals surface area contributed by atoms with Gasteiger partial charge in [0.05, 0.1) is 5.69 Å². The van der Waals surface area contributed by atoms with Gasteiger partial charge >= 0.3 is 0 Å². The highest BCUT2D eigenvalue weighted by Crippen LogP contribution is 2.34. The van der Waals surface area contributed by atoms with Crippen molar-refractivity contribution in [3.8, 4) is 0 Å². The minimum absolute atomic E-state index is 0.0192. The Bertz CT molecular complexity index is 437. The molecule has 1 aromatic carbocycles. The van der Waals surface area contributed by atoms with Gasteiger partial charge in [0.25, 0.3) is 0 Å². The summed E-state index contributed by atoms with van der Waals surface area (Å²) in [5.41, 5.74) is 1.34. The molecule has 80 valence electrons. The van der Waals surface area contributed by atoms with Gasteiger partial charge in [-0.05, 0) is 32.4 Å². The van der Waals surface area contributed by atoms with E-state index in [1.54, 1.807) is 6.07 Å². The van der Waals surface area contributed by atoms with Gasteiger partial charge in [-0.25, -0.2) is 4.39 Å². The smallest absolute Gasteiger partial charge is 0.167 e. The van der Waals surface area contributed by atoms with Crippen molar-refractivity contribution in [3.05, 3.63) is 29.1 Å². The first kappa shape index (κ1) is 10.1. The second-order valence-corrected chi connectivity index (χ2v) is 4.72. The van der Waals surface area contributed by atoms with Crippen LogP contribution in [0, 0.1) is 12.7 Å². The zero-order valence-corrected chi connectivity index (χ0v) is 9.15. The normalized spacial score (nSPS) is 18.3. The van der Waals surface area contributed by atoms with E-state index in [4.69, 9.17) is 0 Å². The fraction of sp³-hybridized carbons (Fsp3) is 0.417. The predicted molar refractivity (Wildman–Crippen MR) is 57.8 cm³/mol. The van der Waals surface area contributed by atoms with Crippen LogP contribution in [0.3, 0.4) is 0 Å². The number of halogens is 1. The highest BCUT2D eigenvalue weighted by atomic mass is 19.1. The Balaban J connectivity index is 2.64. The summed E-state index contributed by atoms with van der Waals surface area (Å²) in [6.45, 7) is 5.63. The molecule has 15 heavy (non-hydrogen) atoms. The molecule has 0 amide bonds. The van der Waals surface area contributed by atoms with E-state index >= 15 is 0 Å². The lowest BCUT2D eigenvalue weighted by Gasteiger charge is -2.33. The van der Waals surface area contributed by atoms with E-state index in [0.717, 1.165) is 5.56 Å². The molecule has 0 aromatic heterocycles. The first-order valence-electron chi connectivity index (χ1n) is 5.01. The number of hydrogen-bond acceptors (Lipinski definition) is 2. The van der Waals surface area contributed by atoms with E-state index in [2.05, 4.69) is 5.32 Å². The minimum atomic E-state index is -0.362. The summed E-state index contributed by atoms with van der Waals surface area (Å²) in [5, 5.41) is 3.08. The lowest BCUT2D eigenvalue weighted by Crippen LogP contribution is -2.39. The molecule has 1 N–H and O–H groups in total. The van der Waals surface area contributed by atoms with Gasteiger partial charge in [0.2, 0.25) is 0 Å². The summed E-state index contributed by atoms with van der Waals surface area (Å²) >= 11 is 0. The van der Waals surface area contributed by atoms with E-state index in [9.17, 15) is 9.18 Å². The zero-order chi connectivity index (χ0) is 11.2. The van der Waals surface area contributed by atoms with Gasteiger partial charge in [-0.3, -0.25) is 4.79 Å². The molecule has 1 heterocycles. The van der Waals surface area contributed by atoms with Crippen molar-refractivity contribution >= 4 is 11.5 Å². The van der Waals surface area contributed by atoms with Crippen molar-refractivity contribution in [1.82, 2.24) is 0 Å². The quantitative estimate of drug-likeness (QED) is 0.708. The largest absolute Gasteiger partial charge is 0.377 e. The third kappa shape index (κ3) is 1.62. The maximum absolute atomic E-state index is 13.6. The van der Waals surface area contributed by atoms with Crippen LogP contribution in [0.1, 0.15) is 36.2 Å². The van der Waals surface area contributed by atoms with Crippen LogP contribution < -0.4 is 5.32 Å². The molecule has 1 aromatic rings. The Morgan fingerprint density at radius 1 is 1.40 bits per heavy atom. The fourth-order valence-electron chi connectivity index (χ4n) is 2.04. The van der Waals surface area contributed by atoms with E-state index in [0.29, 0.717) is 17.7 Å². The van der Waals surface area contributed by atoms with Crippen molar-refractivity contribution in [2.45, 2.75) is 32.7 Å². The third-order valence-corrected chi connectivity index (χ3v) is 2.71. The highest BCUT2D eigenvalue weighted by molar-refractivity contribution is 6.05. The number of benzene rings is 1. The van der Waals surface area contributed by atoms with Crippen LogP contribution >= 0.6 is 0 Å². The van der Waals surface area contributed by atoms with Crippen molar-refractivity contribution in [2.75, 3.05) is 5.32 Å². The summed E-state index contributed by atoms with van der Waals surface area (Å²) in [6, 6.07) is 3.04. The molecule has 0 fully saturated rings. The first-order valence-corrected chi connectivity index (χ1v) is 5.01. The van der Waals surface area contributed by atoms with Gasteiger partial charge < -0.3 is 5.32 Å². The van der Waals surface area contributed by atoms with Crippen LogP contribution in [0.2, 0.25) is 0 Å². The Labute approximate surface area is 88.5 Å². The number of carbonyl (C=O) groups is 1.